The maximum absolute atomic E-state index is 12.2. The number of aryl methyl sites for hydroxylation is 1. The van der Waals surface area contributed by atoms with Gasteiger partial charge in [0.15, 0.2) is 4.80 Å². The Bertz CT molecular complexity index is 1000. The van der Waals surface area contributed by atoms with Crippen LogP contribution in [0.5, 0.6) is 5.75 Å². The second kappa shape index (κ2) is 6.72. The summed E-state index contributed by atoms with van der Waals surface area (Å²) in [7, 11) is 0. The number of benzene rings is 1. The summed E-state index contributed by atoms with van der Waals surface area (Å²) in [5.41, 5.74) is 1.53. The smallest absolute Gasteiger partial charge is 0.318 e. The van der Waals surface area contributed by atoms with Crippen molar-refractivity contribution < 1.29 is 14.1 Å². The standard InChI is InChI=1S/C17H15N3O3S/c1-4-8-20-13-7-6-12(22-5-2)10-15(13)24-17(20)18-16(21)14-9-11(3)19-23-14/h1,6-7,9-10H,5,8H2,2-3H3. The number of amides is 1. The molecule has 1 amide bonds. The minimum atomic E-state index is -0.488. The van der Waals surface area contributed by atoms with E-state index in [1.165, 1.54) is 11.3 Å². The molecule has 0 aliphatic rings. The van der Waals surface area contributed by atoms with Crippen molar-refractivity contribution in [2.75, 3.05) is 6.61 Å². The topological polar surface area (TPSA) is 69.6 Å². The monoisotopic (exact) mass is 341 g/mol. The average molecular weight is 341 g/mol. The zero-order valence-corrected chi connectivity index (χ0v) is 14.1. The lowest BCUT2D eigenvalue weighted by atomic mass is 10.3. The minimum absolute atomic E-state index is 0.104. The van der Waals surface area contributed by atoms with E-state index in [-0.39, 0.29) is 5.76 Å². The van der Waals surface area contributed by atoms with Gasteiger partial charge < -0.3 is 13.8 Å². The number of aromatic nitrogens is 2. The summed E-state index contributed by atoms with van der Waals surface area (Å²) in [6.07, 6.45) is 5.46. The number of terminal acetylenes is 1. The molecule has 0 bridgehead atoms. The van der Waals surface area contributed by atoms with Crippen LogP contribution in [0.15, 0.2) is 33.8 Å². The van der Waals surface area contributed by atoms with Crippen LogP contribution < -0.4 is 9.54 Å². The fourth-order valence-corrected chi connectivity index (χ4v) is 3.30. The van der Waals surface area contributed by atoms with E-state index < -0.39 is 5.91 Å². The van der Waals surface area contributed by atoms with Crippen LogP contribution in [0.25, 0.3) is 10.2 Å². The van der Waals surface area contributed by atoms with Crippen LogP contribution >= 0.6 is 11.3 Å². The molecule has 0 fully saturated rings. The van der Waals surface area contributed by atoms with E-state index in [0.717, 1.165) is 16.0 Å². The first-order valence-electron chi connectivity index (χ1n) is 7.34. The van der Waals surface area contributed by atoms with Crippen molar-refractivity contribution in [3.05, 3.63) is 40.5 Å². The van der Waals surface area contributed by atoms with Gasteiger partial charge in [-0.15, -0.1) is 6.42 Å². The maximum Gasteiger partial charge on any atom is 0.318 e. The van der Waals surface area contributed by atoms with E-state index in [0.29, 0.717) is 23.6 Å². The van der Waals surface area contributed by atoms with Crippen molar-refractivity contribution in [2.24, 2.45) is 4.99 Å². The second-order valence-corrected chi connectivity index (χ2v) is 6.00. The van der Waals surface area contributed by atoms with E-state index in [1.54, 1.807) is 13.0 Å². The largest absolute Gasteiger partial charge is 0.494 e. The number of fused-ring (bicyclic) bond motifs is 1. The van der Waals surface area contributed by atoms with Crippen LogP contribution in [0.3, 0.4) is 0 Å². The Balaban J connectivity index is 2.11. The third-order valence-corrected chi connectivity index (χ3v) is 4.29. The van der Waals surface area contributed by atoms with Crippen molar-refractivity contribution in [2.45, 2.75) is 20.4 Å². The summed E-state index contributed by atoms with van der Waals surface area (Å²) in [5.74, 6) is 2.97. The molecule has 0 aliphatic carbocycles. The summed E-state index contributed by atoms with van der Waals surface area (Å²) in [6, 6.07) is 7.25. The minimum Gasteiger partial charge on any atom is -0.494 e. The van der Waals surface area contributed by atoms with Gasteiger partial charge in [-0.2, -0.15) is 4.99 Å². The van der Waals surface area contributed by atoms with E-state index in [2.05, 4.69) is 16.1 Å². The van der Waals surface area contributed by atoms with Crippen molar-refractivity contribution in [3.8, 4) is 18.1 Å². The highest BCUT2D eigenvalue weighted by Gasteiger charge is 2.13. The lowest BCUT2D eigenvalue weighted by Crippen LogP contribution is -2.16. The molecule has 0 saturated heterocycles. The molecular formula is C17H15N3O3S. The first-order valence-corrected chi connectivity index (χ1v) is 8.16. The molecule has 0 N–H and O–H groups in total. The molecule has 7 heteroatoms. The van der Waals surface area contributed by atoms with Gasteiger partial charge in [-0.25, -0.2) is 0 Å². The molecule has 0 aliphatic heterocycles. The van der Waals surface area contributed by atoms with Crippen LogP contribution in [0.4, 0.5) is 0 Å². The third kappa shape index (κ3) is 3.09. The van der Waals surface area contributed by atoms with Gasteiger partial charge in [0, 0.05) is 6.07 Å². The van der Waals surface area contributed by atoms with Gasteiger partial charge in [0.25, 0.3) is 0 Å². The first-order chi connectivity index (χ1) is 11.6. The van der Waals surface area contributed by atoms with E-state index in [4.69, 9.17) is 15.7 Å². The number of carbonyl (C=O) groups excluding carboxylic acids is 1. The summed E-state index contributed by atoms with van der Waals surface area (Å²) >= 11 is 1.37. The molecule has 24 heavy (non-hydrogen) atoms. The Morgan fingerprint density at radius 1 is 1.50 bits per heavy atom. The Morgan fingerprint density at radius 2 is 2.33 bits per heavy atom. The van der Waals surface area contributed by atoms with Gasteiger partial charge in [-0.1, -0.05) is 22.4 Å². The Kier molecular flexibility index (Phi) is 4.49. The SMILES string of the molecule is C#CCn1c(=NC(=O)c2cc(C)no2)sc2cc(OCC)ccc21. The highest BCUT2D eigenvalue weighted by atomic mass is 32.1. The molecule has 3 rings (SSSR count). The number of rotatable bonds is 4. The van der Waals surface area contributed by atoms with Crippen molar-refractivity contribution in [1.29, 1.82) is 0 Å². The molecule has 1 aromatic carbocycles. The maximum atomic E-state index is 12.2. The van der Waals surface area contributed by atoms with Gasteiger partial charge in [-0.05, 0) is 32.0 Å². The zero-order valence-electron chi connectivity index (χ0n) is 13.3. The summed E-state index contributed by atoms with van der Waals surface area (Å²) < 4.78 is 13.2. The van der Waals surface area contributed by atoms with Crippen LogP contribution in [-0.4, -0.2) is 22.2 Å². The van der Waals surface area contributed by atoms with Gasteiger partial charge in [0.1, 0.15) is 5.75 Å². The predicted octanol–water partition coefficient (Wildman–Crippen LogP) is 2.77. The van der Waals surface area contributed by atoms with E-state index in [1.807, 2.05) is 29.7 Å². The molecule has 2 aromatic heterocycles. The van der Waals surface area contributed by atoms with Crippen molar-refractivity contribution >= 4 is 27.5 Å². The van der Waals surface area contributed by atoms with Gasteiger partial charge >= 0.3 is 5.91 Å². The molecule has 3 aromatic rings. The van der Waals surface area contributed by atoms with Gasteiger partial charge in [-0.3, -0.25) is 4.79 Å². The van der Waals surface area contributed by atoms with Crippen LogP contribution in [-0.2, 0) is 6.54 Å². The summed E-state index contributed by atoms with van der Waals surface area (Å²) in [5, 5.41) is 3.70. The number of hydrogen-bond donors (Lipinski definition) is 0. The van der Waals surface area contributed by atoms with Gasteiger partial charge in [0.2, 0.25) is 5.76 Å². The number of thiazole rings is 1. The van der Waals surface area contributed by atoms with Crippen LogP contribution in [0.2, 0.25) is 0 Å². The van der Waals surface area contributed by atoms with Gasteiger partial charge in [0.05, 0.1) is 29.1 Å². The Labute approximate surface area is 142 Å². The van der Waals surface area contributed by atoms with Crippen molar-refractivity contribution in [1.82, 2.24) is 9.72 Å². The van der Waals surface area contributed by atoms with Crippen LogP contribution in [0.1, 0.15) is 23.2 Å². The fraction of sp³-hybridized carbons (Fsp3) is 0.235. The molecule has 2 heterocycles. The molecular weight excluding hydrogens is 326 g/mol. The molecule has 0 unspecified atom stereocenters. The third-order valence-electron chi connectivity index (χ3n) is 3.25. The number of nitrogens with zero attached hydrogens (tertiary/aromatic N) is 3. The normalized spacial score (nSPS) is 11.6. The summed E-state index contributed by atoms with van der Waals surface area (Å²) in [6.45, 7) is 4.57. The molecule has 0 spiro atoms. The first kappa shape index (κ1) is 16.0. The lowest BCUT2D eigenvalue weighted by Gasteiger charge is -2.03. The van der Waals surface area contributed by atoms with E-state index >= 15 is 0 Å². The number of hydrogen-bond acceptors (Lipinski definition) is 5. The molecule has 0 atom stereocenters. The molecule has 6 nitrogen and oxygen atoms in total. The quantitative estimate of drug-likeness (QED) is 0.684. The number of carbonyl (C=O) groups is 1. The van der Waals surface area contributed by atoms with E-state index in [9.17, 15) is 4.79 Å². The predicted molar refractivity (Wildman–Crippen MR) is 91.0 cm³/mol. The molecule has 0 saturated carbocycles. The average Bonchev–Trinajstić information content (AvgIpc) is 3.12. The van der Waals surface area contributed by atoms with Crippen molar-refractivity contribution in [3.63, 3.8) is 0 Å². The highest BCUT2D eigenvalue weighted by Crippen LogP contribution is 2.23. The Morgan fingerprint density at radius 3 is 3.00 bits per heavy atom. The lowest BCUT2D eigenvalue weighted by molar-refractivity contribution is 0.0962. The summed E-state index contributed by atoms with van der Waals surface area (Å²) in [4.78, 5) is 16.9. The fourth-order valence-electron chi connectivity index (χ4n) is 2.25. The van der Waals surface area contributed by atoms with Crippen LogP contribution in [0, 0.1) is 19.3 Å². The molecule has 0 radical (unpaired) electrons. The molecule has 122 valence electrons. The Hall–Kier alpha value is -2.85. The number of ether oxygens (including phenoxy) is 1. The second-order valence-electron chi connectivity index (χ2n) is 4.99. The zero-order chi connectivity index (χ0) is 17.1. The highest BCUT2D eigenvalue weighted by molar-refractivity contribution is 7.16.